The number of carbonyl (C=O) groups is 1. The van der Waals surface area contributed by atoms with E-state index in [1.54, 1.807) is 63.4 Å². The summed E-state index contributed by atoms with van der Waals surface area (Å²) in [5, 5.41) is 14.8. The molecule has 47 heavy (non-hydrogen) atoms. The third-order valence-electron chi connectivity index (χ3n) is 8.22. The van der Waals surface area contributed by atoms with Crippen LogP contribution in [0.25, 0.3) is 0 Å². The summed E-state index contributed by atoms with van der Waals surface area (Å²) in [5.74, 6) is -0.173. The van der Waals surface area contributed by atoms with Crippen molar-refractivity contribution < 1.29 is 46.3 Å². The molecule has 2 fully saturated rings. The number of hydrogen-bond donors (Lipinski definition) is 2. The normalized spacial score (nSPS) is 21.1. The van der Waals surface area contributed by atoms with Gasteiger partial charge in [0.1, 0.15) is 6.10 Å². The summed E-state index contributed by atoms with van der Waals surface area (Å²) in [5.41, 5.74) is 0.413. The lowest BCUT2D eigenvalue weighted by Crippen LogP contribution is -2.53. The fourth-order valence-electron chi connectivity index (χ4n) is 5.77. The van der Waals surface area contributed by atoms with Crippen molar-refractivity contribution in [1.82, 2.24) is 9.62 Å². The Morgan fingerprint density at radius 2 is 1.94 bits per heavy atom. The minimum absolute atomic E-state index is 0.0299. The lowest BCUT2D eigenvalue weighted by molar-refractivity contribution is -0.345. The highest BCUT2D eigenvalue weighted by molar-refractivity contribution is 7.89. The van der Waals surface area contributed by atoms with Crippen LogP contribution < -0.4 is 20.4 Å². The Bertz CT molecular complexity index is 1550. The molecule has 0 radical (unpaired) electrons. The summed E-state index contributed by atoms with van der Waals surface area (Å²) < 4.78 is 63.4. The number of amides is 1. The maximum Gasteiger partial charge on any atom is 0.407 e. The number of rotatable bonds is 16. The standard InChI is InChI=1S/C31H43N4O10PS/c1-31(2,14-8-15-32)21-35(47(40,41)24-12-7-11-23(18-24)33-3)19-27(45-46(37,38)39)26(17-22-9-5-4-6-10-22)34-30(36)44-28-20-43-29-25(28)13-16-42-29/h4-7,9-12,18,25-29,33H,8,13-14,16-17,19-21H2,1-3H3,(H,34,36)(H2,37,38,39)/p-2/t25?,26-,27?,28?,29?/m0/s1. The Morgan fingerprint density at radius 1 is 1.19 bits per heavy atom. The Kier molecular flexibility index (Phi) is 12.4. The molecule has 2 aliphatic heterocycles. The molecule has 2 N–H and O–H groups in total. The number of nitrogens with zero attached hydrogens (tertiary/aromatic N) is 2. The second-order valence-corrected chi connectivity index (χ2v) is 15.4. The van der Waals surface area contributed by atoms with Crippen molar-refractivity contribution in [1.29, 1.82) is 5.26 Å². The van der Waals surface area contributed by atoms with E-state index >= 15 is 0 Å². The smallest absolute Gasteiger partial charge is 0.407 e. The van der Waals surface area contributed by atoms with Crippen molar-refractivity contribution in [3.8, 4) is 6.07 Å². The van der Waals surface area contributed by atoms with Gasteiger partial charge in [0.15, 0.2) is 6.29 Å². The summed E-state index contributed by atoms with van der Waals surface area (Å²) in [4.78, 5) is 37.5. The van der Waals surface area contributed by atoms with Crippen LogP contribution in [0.2, 0.25) is 0 Å². The molecule has 0 aliphatic carbocycles. The van der Waals surface area contributed by atoms with Gasteiger partial charge in [-0.05, 0) is 48.4 Å². The predicted molar refractivity (Wildman–Crippen MR) is 167 cm³/mol. The first-order valence-electron chi connectivity index (χ1n) is 15.3. The van der Waals surface area contributed by atoms with Crippen LogP contribution in [-0.2, 0) is 39.7 Å². The number of anilines is 1. The average molecular weight is 693 g/mol. The van der Waals surface area contributed by atoms with Crippen LogP contribution in [0.3, 0.4) is 0 Å². The SMILES string of the molecule is CNc1cccc(S(=O)(=O)N(CC(OP(=O)([O-])[O-])[C@H](Cc2ccccc2)NC(=O)OC2COC3OCCC23)CC(C)(C)CCC#N)c1. The van der Waals surface area contributed by atoms with Crippen LogP contribution in [0.4, 0.5) is 10.5 Å². The van der Waals surface area contributed by atoms with E-state index in [-0.39, 0.29) is 36.8 Å². The second-order valence-electron chi connectivity index (χ2n) is 12.4. The van der Waals surface area contributed by atoms with Gasteiger partial charge in [-0.3, -0.25) is 0 Å². The molecule has 2 heterocycles. The second kappa shape index (κ2) is 15.9. The molecular formula is C31H41N4O10PS-2. The lowest BCUT2D eigenvalue weighted by Gasteiger charge is -2.40. The average Bonchev–Trinajstić information content (AvgIpc) is 3.64. The Labute approximate surface area is 275 Å². The topological polar surface area (TPSA) is 202 Å². The van der Waals surface area contributed by atoms with Gasteiger partial charge in [-0.1, -0.05) is 50.2 Å². The number of nitriles is 1. The van der Waals surface area contributed by atoms with Gasteiger partial charge in [0.25, 0.3) is 0 Å². The fourth-order valence-corrected chi connectivity index (χ4v) is 8.01. The van der Waals surface area contributed by atoms with E-state index in [0.29, 0.717) is 30.7 Å². The molecule has 2 aromatic carbocycles. The lowest BCUT2D eigenvalue weighted by atomic mass is 9.88. The molecule has 0 spiro atoms. The monoisotopic (exact) mass is 692 g/mol. The Hall–Kier alpha value is -3.06. The molecule has 2 aliphatic rings. The van der Waals surface area contributed by atoms with E-state index in [4.69, 9.17) is 18.7 Å². The summed E-state index contributed by atoms with van der Waals surface area (Å²) in [6.07, 6.45) is -2.63. The number of sulfonamides is 1. The molecule has 1 amide bonds. The van der Waals surface area contributed by atoms with E-state index < -0.39 is 60.4 Å². The maximum atomic E-state index is 14.2. The van der Waals surface area contributed by atoms with Gasteiger partial charge < -0.3 is 43.7 Å². The number of hydrogen-bond acceptors (Lipinski definition) is 12. The summed E-state index contributed by atoms with van der Waals surface area (Å²) in [7, 11) is -8.44. The summed E-state index contributed by atoms with van der Waals surface area (Å²) in [6.45, 7) is 3.34. The number of phosphoric acid groups is 1. The highest BCUT2D eigenvalue weighted by Crippen LogP contribution is 2.35. The largest absolute Gasteiger partial charge is 0.790 e. The van der Waals surface area contributed by atoms with E-state index in [0.717, 1.165) is 4.31 Å². The molecule has 0 bridgehead atoms. The zero-order chi connectivity index (χ0) is 34.2. The van der Waals surface area contributed by atoms with Gasteiger partial charge in [0.2, 0.25) is 10.0 Å². The highest BCUT2D eigenvalue weighted by atomic mass is 32.2. The maximum absolute atomic E-state index is 14.2. The predicted octanol–water partition coefficient (Wildman–Crippen LogP) is 2.36. The molecule has 16 heteroatoms. The molecule has 4 unspecified atom stereocenters. The third kappa shape index (κ3) is 10.5. The van der Waals surface area contributed by atoms with E-state index in [2.05, 4.69) is 16.7 Å². The van der Waals surface area contributed by atoms with Crippen molar-refractivity contribution in [3.05, 3.63) is 60.2 Å². The van der Waals surface area contributed by atoms with Gasteiger partial charge in [0, 0.05) is 32.2 Å². The quantitative estimate of drug-likeness (QED) is 0.244. The molecule has 14 nitrogen and oxygen atoms in total. The zero-order valence-electron chi connectivity index (χ0n) is 26.6. The molecule has 258 valence electrons. The number of ether oxygens (including phenoxy) is 3. The number of nitrogens with one attached hydrogen (secondary N) is 2. The third-order valence-corrected chi connectivity index (χ3v) is 10.6. The molecular weight excluding hydrogens is 651 g/mol. The molecule has 2 aromatic rings. The number of benzene rings is 2. The van der Waals surface area contributed by atoms with Crippen LogP contribution in [0.15, 0.2) is 59.5 Å². The van der Waals surface area contributed by atoms with Gasteiger partial charge >= 0.3 is 6.09 Å². The van der Waals surface area contributed by atoms with Gasteiger partial charge in [-0.2, -0.15) is 9.57 Å². The summed E-state index contributed by atoms with van der Waals surface area (Å²) >= 11 is 0. The van der Waals surface area contributed by atoms with E-state index in [9.17, 15) is 32.8 Å². The minimum Gasteiger partial charge on any atom is -0.790 e. The molecule has 0 saturated carbocycles. The van der Waals surface area contributed by atoms with Crippen molar-refractivity contribution in [2.75, 3.05) is 38.7 Å². The van der Waals surface area contributed by atoms with Crippen LogP contribution in [-0.4, -0.2) is 76.7 Å². The van der Waals surface area contributed by atoms with Crippen molar-refractivity contribution in [3.63, 3.8) is 0 Å². The fraction of sp³-hybridized carbons (Fsp3) is 0.548. The number of fused-ring (bicyclic) bond motifs is 1. The highest BCUT2D eigenvalue weighted by Gasteiger charge is 2.44. The van der Waals surface area contributed by atoms with Gasteiger partial charge in [0.05, 0.1) is 50.1 Å². The van der Waals surface area contributed by atoms with Crippen molar-refractivity contribution in [2.24, 2.45) is 11.3 Å². The van der Waals surface area contributed by atoms with Crippen molar-refractivity contribution >= 4 is 29.6 Å². The number of carbonyl (C=O) groups excluding carboxylic acids is 1. The molecule has 5 atom stereocenters. The minimum atomic E-state index is -5.73. The Balaban J connectivity index is 1.70. The summed E-state index contributed by atoms with van der Waals surface area (Å²) in [6, 6.07) is 15.6. The van der Waals surface area contributed by atoms with E-state index in [1.807, 2.05) is 0 Å². The van der Waals surface area contributed by atoms with Crippen LogP contribution in [0.5, 0.6) is 0 Å². The first-order chi connectivity index (χ1) is 22.2. The number of alkyl carbamates (subject to hydrolysis) is 1. The van der Waals surface area contributed by atoms with Crippen LogP contribution >= 0.6 is 7.82 Å². The molecule has 0 aromatic heterocycles. The van der Waals surface area contributed by atoms with E-state index in [1.165, 1.54) is 12.1 Å². The molecule has 2 saturated heterocycles. The van der Waals surface area contributed by atoms with Crippen LogP contribution in [0.1, 0.15) is 38.7 Å². The Morgan fingerprint density at radius 3 is 2.62 bits per heavy atom. The van der Waals surface area contributed by atoms with Gasteiger partial charge in [-0.15, -0.1) is 0 Å². The molecule has 4 rings (SSSR count). The number of phosphoric ester groups is 1. The van der Waals surface area contributed by atoms with Crippen molar-refractivity contribution in [2.45, 2.75) is 69.0 Å². The van der Waals surface area contributed by atoms with Gasteiger partial charge in [-0.25, -0.2) is 13.2 Å². The first-order valence-corrected chi connectivity index (χ1v) is 18.2. The van der Waals surface area contributed by atoms with Crippen LogP contribution in [0, 0.1) is 22.7 Å². The zero-order valence-corrected chi connectivity index (χ0v) is 28.3. The first kappa shape index (κ1) is 36.8.